The molecule has 48 heavy (non-hydrogen) atoms. The van der Waals surface area contributed by atoms with Crippen molar-refractivity contribution >= 4 is 25.7 Å². The van der Waals surface area contributed by atoms with Gasteiger partial charge < -0.3 is 25.2 Å². The summed E-state index contributed by atoms with van der Waals surface area (Å²) in [6, 6.07) is -1.54. The number of carbonyl (C=O) groups excluding carboxylic acids is 2. The lowest BCUT2D eigenvalue weighted by molar-refractivity contribution is -0.147. The van der Waals surface area contributed by atoms with Crippen LogP contribution in [0.25, 0.3) is 0 Å². The molecule has 3 unspecified atom stereocenters. The number of rotatable bonds is 32. The van der Waals surface area contributed by atoms with E-state index in [1.54, 1.807) is 6.92 Å². The van der Waals surface area contributed by atoms with Crippen LogP contribution in [-0.4, -0.2) is 64.9 Å². The first kappa shape index (κ1) is 45.4. The van der Waals surface area contributed by atoms with Crippen LogP contribution in [0, 0.1) is 0 Å². The summed E-state index contributed by atoms with van der Waals surface area (Å²) in [4.78, 5) is 44.5. The maximum Gasteiger partial charge on any atom is 0.472 e. The molecule has 0 fully saturated rings. The minimum atomic E-state index is -4.72. The number of allylic oxidation sites excluding steroid dienone is 8. The number of esters is 1. The molecule has 0 heterocycles. The number of aliphatic hydroxyl groups is 1. The maximum atomic E-state index is 12.0. The maximum absolute atomic E-state index is 12.0. The predicted octanol–water partition coefficient (Wildman–Crippen LogP) is 7.88. The van der Waals surface area contributed by atoms with Crippen LogP contribution in [0.4, 0.5) is 0 Å². The number of nitrogens with one attached hydrogen (secondary N) is 1. The van der Waals surface area contributed by atoms with Crippen molar-refractivity contribution in [2.45, 2.75) is 142 Å². The van der Waals surface area contributed by atoms with Crippen LogP contribution in [0.1, 0.15) is 129 Å². The highest BCUT2D eigenvalue weighted by Gasteiger charge is 2.28. The number of ether oxygens (including phenoxy) is 1. The molecule has 0 saturated heterocycles. The SMILES string of the molecule is CCCCC/C=C\C/C=C\C/C=C\C/C=C\CCCCCCCCCC(=O)OCC(O)COP(=O)(O)OCC(NC(=O)CCC)C(=O)O. The van der Waals surface area contributed by atoms with Crippen molar-refractivity contribution in [2.75, 3.05) is 19.8 Å². The number of aliphatic hydroxyl groups excluding tert-OH is 1. The average molecular weight is 700 g/mol. The molecule has 0 aromatic carbocycles. The van der Waals surface area contributed by atoms with Crippen LogP contribution in [0.3, 0.4) is 0 Å². The zero-order valence-corrected chi connectivity index (χ0v) is 30.2. The Balaban J connectivity index is 3.76. The Morgan fingerprint density at radius 3 is 1.71 bits per heavy atom. The number of hydrogen-bond donors (Lipinski definition) is 4. The quantitative estimate of drug-likeness (QED) is 0.0235. The predicted molar refractivity (Wildman–Crippen MR) is 189 cm³/mol. The first-order valence-corrected chi connectivity index (χ1v) is 19.2. The molecule has 4 N–H and O–H groups in total. The average Bonchev–Trinajstić information content (AvgIpc) is 3.05. The zero-order valence-electron chi connectivity index (χ0n) is 29.3. The molecule has 0 aromatic heterocycles. The van der Waals surface area contributed by atoms with Crippen LogP contribution in [0.5, 0.6) is 0 Å². The molecular weight excluding hydrogens is 637 g/mol. The van der Waals surface area contributed by atoms with E-state index in [-0.39, 0.29) is 12.8 Å². The zero-order chi connectivity index (χ0) is 35.7. The Labute approximate surface area is 288 Å². The van der Waals surface area contributed by atoms with Crippen LogP contribution < -0.4 is 5.32 Å². The summed E-state index contributed by atoms with van der Waals surface area (Å²) in [6.07, 6.45) is 33.7. The largest absolute Gasteiger partial charge is 0.480 e. The third-order valence-corrected chi connectivity index (χ3v) is 8.04. The Morgan fingerprint density at radius 1 is 0.667 bits per heavy atom. The van der Waals surface area contributed by atoms with E-state index in [0.29, 0.717) is 12.8 Å². The second kappa shape index (κ2) is 31.7. The van der Waals surface area contributed by atoms with Crippen molar-refractivity contribution < 1.29 is 47.8 Å². The number of carboxylic acid groups (broad SMARTS) is 1. The van der Waals surface area contributed by atoms with Gasteiger partial charge in [0.05, 0.1) is 13.2 Å². The van der Waals surface area contributed by atoms with Crippen LogP contribution in [0.15, 0.2) is 48.6 Å². The third kappa shape index (κ3) is 30.8. The van der Waals surface area contributed by atoms with Gasteiger partial charge in [0.2, 0.25) is 5.91 Å². The van der Waals surface area contributed by atoms with Crippen molar-refractivity contribution in [3.05, 3.63) is 48.6 Å². The lowest BCUT2D eigenvalue weighted by atomic mass is 10.1. The number of aliphatic carboxylic acids is 1. The van der Waals surface area contributed by atoms with Gasteiger partial charge in [-0.15, -0.1) is 0 Å². The fraction of sp³-hybridized carbons (Fsp3) is 0.694. The number of unbranched alkanes of at least 4 members (excludes halogenated alkanes) is 10. The number of amides is 1. The fourth-order valence-corrected chi connectivity index (χ4v) is 5.11. The fourth-order valence-electron chi connectivity index (χ4n) is 4.34. The normalized spacial score (nSPS) is 14.6. The Kier molecular flexibility index (Phi) is 30.0. The first-order valence-electron chi connectivity index (χ1n) is 17.7. The second-order valence-corrected chi connectivity index (χ2v) is 13.2. The lowest BCUT2D eigenvalue weighted by Gasteiger charge is -2.18. The summed E-state index contributed by atoms with van der Waals surface area (Å²) in [6.45, 7) is 2.05. The van der Waals surface area contributed by atoms with E-state index in [2.05, 4.69) is 69.9 Å². The first-order chi connectivity index (χ1) is 23.1. The molecule has 0 aliphatic rings. The number of phosphoric ester groups is 1. The molecule has 0 spiro atoms. The highest BCUT2D eigenvalue weighted by Crippen LogP contribution is 2.43. The van der Waals surface area contributed by atoms with Gasteiger partial charge in [0, 0.05) is 12.8 Å². The molecule has 11 nitrogen and oxygen atoms in total. The van der Waals surface area contributed by atoms with Gasteiger partial charge in [-0.25, -0.2) is 9.36 Å². The van der Waals surface area contributed by atoms with E-state index < -0.39 is 57.6 Å². The summed E-state index contributed by atoms with van der Waals surface area (Å²) in [7, 11) is -4.72. The summed E-state index contributed by atoms with van der Waals surface area (Å²) in [5.74, 6) is -2.46. The van der Waals surface area contributed by atoms with Crippen LogP contribution in [-0.2, 0) is 32.7 Å². The van der Waals surface area contributed by atoms with E-state index in [1.807, 2.05) is 0 Å². The third-order valence-electron chi connectivity index (χ3n) is 7.09. The second-order valence-electron chi connectivity index (χ2n) is 11.7. The van der Waals surface area contributed by atoms with Gasteiger partial charge in [0.1, 0.15) is 12.7 Å². The van der Waals surface area contributed by atoms with Crippen LogP contribution >= 0.6 is 7.82 Å². The topological polar surface area (TPSA) is 169 Å². The highest BCUT2D eigenvalue weighted by atomic mass is 31.2. The number of hydrogen-bond acceptors (Lipinski definition) is 8. The van der Waals surface area contributed by atoms with E-state index in [0.717, 1.165) is 51.4 Å². The van der Waals surface area contributed by atoms with E-state index >= 15 is 0 Å². The van der Waals surface area contributed by atoms with Gasteiger partial charge in [-0.1, -0.05) is 107 Å². The summed E-state index contributed by atoms with van der Waals surface area (Å²) in [5.41, 5.74) is 0. The van der Waals surface area contributed by atoms with Gasteiger partial charge in [-0.05, 0) is 57.8 Å². The molecule has 0 rings (SSSR count). The molecule has 0 radical (unpaired) electrons. The minimum absolute atomic E-state index is 0.0935. The van der Waals surface area contributed by atoms with E-state index in [9.17, 15) is 28.9 Å². The molecule has 0 bridgehead atoms. The van der Waals surface area contributed by atoms with Gasteiger partial charge in [0.15, 0.2) is 6.04 Å². The van der Waals surface area contributed by atoms with E-state index in [1.165, 1.54) is 38.5 Å². The van der Waals surface area contributed by atoms with Crippen molar-refractivity contribution in [1.82, 2.24) is 5.32 Å². The van der Waals surface area contributed by atoms with Gasteiger partial charge in [-0.3, -0.25) is 18.6 Å². The Hall–Kier alpha value is -2.56. The number of phosphoric acid groups is 1. The molecule has 0 aliphatic heterocycles. The van der Waals surface area contributed by atoms with Crippen LogP contribution in [0.2, 0.25) is 0 Å². The van der Waals surface area contributed by atoms with Gasteiger partial charge >= 0.3 is 19.8 Å². The Bertz CT molecular complexity index is 1010. The number of carbonyl (C=O) groups is 3. The smallest absolute Gasteiger partial charge is 0.472 e. The molecule has 276 valence electrons. The Morgan fingerprint density at radius 2 is 1.17 bits per heavy atom. The summed E-state index contributed by atoms with van der Waals surface area (Å²) in [5, 5.41) is 21.2. The molecule has 0 aliphatic carbocycles. The summed E-state index contributed by atoms with van der Waals surface area (Å²) >= 11 is 0. The highest BCUT2D eigenvalue weighted by molar-refractivity contribution is 7.47. The van der Waals surface area contributed by atoms with Gasteiger partial charge in [-0.2, -0.15) is 0 Å². The standard InChI is InChI=1S/C36H62NO10P/c1-3-5-6-7-8-9-10-11-12-13-14-15-16-17-18-19-20-21-22-23-24-25-26-28-35(40)45-29-32(38)30-46-48(43,44)47-31-33(36(41)42)37-34(39)27-4-2/h8-9,11-12,14-15,17-18,32-33,38H,3-7,10,13,16,19-31H2,1-2H3,(H,37,39)(H,41,42)(H,43,44)/b9-8-,12-11-,15-14-,18-17-. The molecular formula is C36H62NO10P. The van der Waals surface area contributed by atoms with Gasteiger partial charge in [0.25, 0.3) is 0 Å². The minimum Gasteiger partial charge on any atom is -0.480 e. The summed E-state index contributed by atoms with van der Waals surface area (Å²) < 4.78 is 26.3. The molecule has 0 saturated carbocycles. The van der Waals surface area contributed by atoms with Crippen molar-refractivity contribution in [3.63, 3.8) is 0 Å². The number of carboxylic acids is 1. The van der Waals surface area contributed by atoms with Crippen molar-refractivity contribution in [3.8, 4) is 0 Å². The monoisotopic (exact) mass is 699 g/mol. The van der Waals surface area contributed by atoms with E-state index in [4.69, 9.17) is 9.84 Å². The van der Waals surface area contributed by atoms with Crippen molar-refractivity contribution in [2.24, 2.45) is 0 Å². The molecule has 1 amide bonds. The molecule has 0 aromatic rings. The lowest BCUT2D eigenvalue weighted by Crippen LogP contribution is -2.43. The molecule has 12 heteroatoms. The molecule has 3 atom stereocenters. The van der Waals surface area contributed by atoms with Crippen molar-refractivity contribution in [1.29, 1.82) is 0 Å².